The Balaban J connectivity index is 1.59. The highest BCUT2D eigenvalue weighted by atomic mass is 32.2. The van der Waals surface area contributed by atoms with E-state index in [2.05, 4.69) is 62.4 Å². The minimum Gasteiger partial charge on any atom is -0.302 e. The van der Waals surface area contributed by atoms with E-state index in [-0.39, 0.29) is 0 Å². The first-order valence-corrected chi connectivity index (χ1v) is 12.0. The molecule has 31 heavy (non-hydrogen) atoms. The van der Waals surface area contributed by atoms with Gasteiger partial charge in [-0.05, 0) is 26.0 Å². The zero-order valence-electron chi connectivity index (χ0n) is 17.3. The van der Waals surface area contributed by atoms with Crippen molar-refractivity contribution in [2.45, 2.75) is 31.3 Å². The van der Waals surface area contributed by atoms with Crippen LogP contribution in [0.3, 0.4) is 0 Å². The molecule has 5 nitrogen and oxygen atoms in total. The largest absolute Gasteiger partial charge is 0.302 e. The molecular weight excluding hydrogens is 422 g/mol. The highest BCUT2D eigenvalue weighted by Crippen LogP contribution is 2.33. The average Bonchev–Trinajstić information content (AvgIpc) is 3.42. The van der Waals surface area contributed by atoms with Crippen LogP contribution in [-0.2, 0) is 12.3 Å². The molecule has 0 radical (unpaired) electrons. The standard InChI is InChI=1S/C24H21N5S2/c1-3-29-23(27-28-24(29)31-15-18-14-30-16(2)25-18)20-13-22(17-9-5-4-6-10-17)26-21-12-8-7-11-19(20)21/h4-14H,3,15H2,1-2H3. The van der Waals surface area contributed by atoms with Crippen molar-refractivity contribution in [3.63, 3.8) is 0 Å². The minimum absolute atomic E-state index is 0.787. The Morgan fingerprint density at radius 3 is 2.55 bits per heavy atom. The molecule has 0 atom stereocenters. The highest BCUT2D eigenvalue weighted by Gasteiger charge is 2.18. The monoisotopic (exact) mass is 443 g/mol. The summed E-state index contributed by atoms with van der Waals surface area (Å²) in [6, 6.07) is 20.6. The number of nitrogens with zero attached hydrogens (tertiary/aromatic N) is 5. The van der Waals surface area contributed by atoms with E-state index in [9.17, 15) is 0 Å². The van der Waals surface area contributed by atoms with Gasteiger partial charge in [-0.25, -0.2) is 9.97 Å². The number of rotatable bonds is 6. The summed E-state index contributed by atoms with van der Waals surface area (Å²) >= 11 is 3.36. The fourth-order valence-corrected chi connectivity index (χ4v) is 5.22. The lowest BCUT2D eigenvalue weighted by Gasteiger charge is -2.11. The number of pyridine rings is 1. The molecule has 3 heterocycles. The van der Waals surface area contributed by atoms with Crippen LogP contribution in [-0.4, -0.2) is 24.7 Å². The first-order valence-electron chi connectivity index (χ1n) is 10.2. The van der Waals surface area contributed by atoms with Crippen LogP contribution in [0.25, 0.3) is 33.5 Å². The number of benzene rings is 2. The molecule has 7 heteroatoms. The second-order valence-corrected chi connectivity index (χ2v) is 9.14. The van der Waals surface area contributed by atoms with Crippen LogP contribution >= 0.6 is 23.1 Å². The van der Waals surface area contributed by atoms with E-state index in [4.69, 9.17) is 4.98 Å². The molecule has 0 N–H and O–H groups in total. The van der Waals surface area contributed by atoms with E-state index in [1.807, 2.05) is 37.3 Å². The second-order valence-electron chi connectivity index (χ2n) is 7.14. The van der Waals surface area contributed by atoms with Gasteiger partial charge in [-0.2, -0.15) is 0 Å². The molecule has 0 aliphatic rings. The van der Waals surface area contributed by atoms with Crippen LogP contribution < -0.4 is 0 Å². The molecule has 0 unspecified atom stereocenters. The predicted octanol–water partition coefficient (Wildman–Crippen LogP) is 6.24. The third kappa shape index (κ3) is 3.98. The van der Waals surface area contributed by atoms with Crippen LogP contribution in [0.15, 0.2) is 71.2 Å². The van der Waals surface area contributed by atoms with Crippen LogP contribution in [0.4, 0.5) is 0 Å². The SMILES string of the molecule is CCn1c(SCc2csc(C)n2)nnc1-c1cc(-c2ccccc2)nc2ccccc12. The lowest BCUT2D eigenvalue weighted by molar-refractivity contribution is 0.687. The van der Waals surface area contributed by atoms with Crippen LogP contribution in [0.2, 0.25) is 0 Å². The molecule has 2 aromatic carbocycles. The molecule has 3 aromatic heterocycles. The minimum atomic E-state index is 0.787. The number of hydrogen-bond donors (Lipinski definition) is 0. The molecule has 0 aliphatic heterocycles. The Morgan fingerprint density at radius 1 is 0.968 bits per heavy atom. The Morgan fingerprint density at radius 2 is 1.77 bits per heavy atom. The van der Waals surface area contributed by atoms with Gasteiger partial charge in [0, 0.05) is 34.2 Å². The number of aryl methyl sites for hydroxylation is 1. The Bertz CT molecular complexity index is 1340. The Kier molecular flexibility index (Phi) is 5.53. The maximum Gasteiger partial charge on any atom is 0.191 e. The first-order chi connectivity index (χ1) is 15.2. The van der Waals surface area contributed by atoms with Gasteiger partial charge in [0.2, 0.25) is 0 Å². The molecule has 5 rings (SSSR count). The summed E-state index contributed by atoms with van der Waals surface area (Å²) in [5, 5.41) is 14.3. The molecule has 154 valence electrons. The molecular formula is C24H21N5S2. The topological polar surface area (TPSA) is 56.5 Å². The Hall–Kier alpha value is -3.03. The summed E-state index contributed by atoms with van der Waals surface area (Å²) in [5.41, 5.74) is 5.12. The maximum absolute atomic E-state index is 4.90. The number of para-hydroxylation sites is 1. The molecule has 0 amide bonds. The van der Waals surface area contributed by atoms with Gasteiger partial charge in [0.15, 0.2) is 11.0 Å². The second kappa shape index (κ2) is 8.61. The summed E-state index contributed by atoms with van der Waals surface area (Å²) in [5.74, 6) is 1.66. The van der Waals surface area contributed by atoms with Crippen LogP contribution in [0.1, 0.15) is 17.6 Å². The van der Waals surface area contributed by atoms with E-state index >= 15 is 0 Å². The highest BCUT2D eigenvalue weighted by molar-refractivity contribution is 7.98. The van der Waals surface area contributed by atoms with E-state index < -0.39 is 0 Å². The van der Waals surface area contributed by atoms with Crippen LogP contribution in [0.5, 0.6) is 0 Å². The predicted molar refractivity (Wildman–Crippen MR) is 128 cm³/mol. The van der Waals surface area contributed by atoms with Crippen molar-refractivity contribution in [2.24, 2.45) is 0 Å². The number of thioether (sulfide) groups is 1. The lowest BCUT2D eigenvalue weighted by Crippen LogP contribution is -2.01. The Labute approximate surface area is 189 Å². The van der Waals surface area contributed by atoms with E-state index in [1.54, 1.807) is 23.1 Å². The van der Waals surface area contributed by atoms with Crippen molar-refractivity contribution in [3.8, 4) is 22.6 Å². The van der Waals surface area contributed by atoms with Crippen molar-refractivity contribution in [1.29, 1.82) is 0 Å². The number of aromatic nitrogens is 5. The fraction of sp³-hybridized carbons (Fsp3) is 0.167. The van der Waals surface area contributed by atoms with Crippen molar-refractivity contribution in [3.05, 3.63) is 76.7 Å². The van der Waals surface area contributed by atoms with E-state index in [1.165, 1.54) is 0 Å². The van der Waals surface area contributed by atoms with E-state index in [0.29, 0.717) is 0 Å². The summed E-state index contributed by atoms with van der Waals surface area (Å²) < 4.78 is 2.18. The zero-order chi connectivity index (χ0) is 21.2. The molecule has 0 saturated carbocycles. The molecule has 0 spiro atoms. The van der Waals surface area contributed by atoms with Gasteiger partial charge < -0.3 is 4.57 Å². The van der Waals surface area contributed by atoms with Gasteiger partial charge >= 0.3 is 0 Å². The maximum atomic E-state index is 4.90. The summed E-state index contributed by atoms with van der Waals surface area (Å²) in [6.45, 7) is 4.95. The van der Waals surface area contributed by atoms with Crippen molar-refractivity contribution in [2.75, 3.05) is 0 Å². The molecule has 0 bridgehead atoms. The molecule has 0 aliphatic carbocycles. The van der Waals surface area contributed by atoms with Gasteiger partial charge in [0.25, 0.3) is 0 Å². The van der Waals surface area contributed by atoms with Gasteiger partial charge in [-0.1, -0.05) is 60.3 Å². The number of thiazole rings is 1. The molecule has 5 aromatic rings. The summed E-state index contributed by atoms with van der Waals surface area (Å²) in [7, 11) is 0. The van der Waals surface area contributed by atoms with Gasteiger partial charge in [0.05, 0.1) is 21.9 Å². The lowest BCUT2D eigenvalue weighted by atomic mass is 10.0. The summed E-state index contributed by atoms with van der Waals surface area (Å²) in [4.78, 5) is 9.47. The molecule has 0 saturated heterocycles. The van der Waals surface area contributed by atoms with Gasteiger partial charge in [-0.15, -0.1) is 21.5 Å². The van der Waals surface area contributed by atoms with Crippen molar-refractivity contribution >= 4 is 34.0 Å². The quantitative estimate of drug-likeness (QED) is 0.291. The van der Waals surface area contributed by atoms with Gasteiger partial charge in [-0.3, -0.25) is 0 Å². The van der Waals surface area contributed by atoms with Crippen molar-refractivity contribution in [1.82, 2.24) is 24.7 Å². The zero-order valence-corrected chi connectivity index (χ0v) is 19.0. The van der Waals surface area contributed by atoms with E-state index in [0.717, 1.165) is 61.7 Å². The fourth-order valence-electron chi connectivity index (χ4n) is 3.61. The number of hydrogen-bond acceptors (Lipinski definition) is 6. The number of fused-ring (bicyclic) bond motifs is 1. The van der Waals surface area contributed by atoms with Gasteiger partial charge in [0.1, 0.15) is 0 Å². The van der Waals surface area contributed by atoms with Crippen LogP contribution in [0, 0.1) is 6.92 Å². The van der Waals surface area contributed by atoms with Crippen molar-refractivity contribution < 1.29 is 0 Å². The average molecular weight is 444 g/mol. The molecule has 0 fully saturated rings. The smallest absolute Gasteiger partial charge is 0.191 e. The summed E-state index contributed by atoms with van der Waals surface area (Å²) in [6.07, 6.45) is 0. The third-order valence-corrected chi connectivity index (χ3v) is 6.90. The first kappa shape index (κ1) is 19.9. The third-order valence-electron chi connectivity index (χ3n) is 5.08. The normalized spacial score (nSPS) is 11.3.